The molecule has 2 rings (SSSR count). The number of carbonyl (C=O) groups is 1. The summed E-state index contributed by atoms with van der Waals surface area (Å²) in [6.45, 7) is 0.743. The third-order valence-electron chi connectivity index (χ3n) is 2.64. The highest BCUT2D eigenvalue weighted by atomic mass is 16.4. The molecule has 2 aromatic carbocycles. The fraction of sp³-hybridized carbons (Fsp3) is 0.0625. The van der Waals surface area contributed by atoms with Crippen LogP contribution in [0.25, 0.3) is 6.08 Å². The standard InChI is InChI=1S/C16H15NO2/c18-16(19)10-9-13-7-4-8-15(11-13)17-12-14-5-2-1-3-6-14/h1-11,17H,12H2,(H,18,19). The van der Waals surface area contributed by atoms with Gasteiger partial charge in [-0.05, 0) is 29.3 Å². The normalized spacial score (nSPS) is 10.5. The van der Waals surface area contributed by atoms with E-state index in [1.165, 1.54) is 5.56 Å². The lowest BCUT2D eigenvalue weighted by Crippen LogP contribution is -1.98. The third-order valence-corrected chi connectivity index (χ3v) is 2.64. The average molecular weight is 253 g/mol. The second-order valence-corrected chi connectivity index (χ2v) is 4.14. The molecule has 0 saturated carbocycles. The van der Waals surface area contributed by atoms with Crippen LogP contribution in [-0.2, 0) is 11.3 Å². The molecule has 96 valence electrons. The number of aliphatic carboxylic acids is 1. The Hall–Kier alpha value is -2.55. The van der Waals surface area contributed by atoms with E-state index in [1.54, 1.807) is 6.08 Å². The van der Waals surface area contributed by atoms with Crippen LogP contribution in [0.3, 0.4) is 0 Å². The molecular formula is C16H15NO2. The Balaban J connectivity index is 2.01. The van der Waals surface area contributed by atoms with E-state index in [2.05, 4.69) is 17.4 Å². The third kappa shape index (κ3) is 4.32. The quantitative estimate of drug-likeness (QED) is 0.803. The Kier molecular flexibility index (Phi) is 4.34. The van der Waals surface area contributed by atoms with E-state index >= 15 is 0 Å². The van der Waals surface area contributed by atoms with Crippen molar-refractivity contribution in [2.24, 2.45) is 0 Å². The Morgan fingerprint density at radius 1 is 1.11 bits per heavy atom. The molecule has 0 amide bonds. The number of hydrogen-bond donors (Lipinski definition) is 2. The molecule has 0 aromatic heterocycles. The van der Waals surface area contributed by atoms with E-state index in [0.717, 1.165) is 23.9 Å². The molecule has 0 fully saturated rings. The van der Waals surface area contributed by atoms with Gasteiger partial charge in [0.1, 0.15) is 0 Å². The van der Waals surface area contributed by atoms with E-state index in [4.69, 9.17) is 5.11 Å². The van der Waals surface area contributed by atoms with Crippen LogP contribution in [0, 0.1) is 0 Å². The number of nitrogens with one attached hydrogen (secondary N) is 1. The van der Waals surface area contributed by atoms with Crippen LogP contribution in [0.5, 0.6) is 0 Å². The molecule has 3 heteroatoms. The lowest BCUT2D eigenvalue weighted by Gasteiger charge is -2.07. The lowest BCUT2D eigenvalue weighted by atomic mass is 10.1. The van der Waals surface area contributed by atoms with Crippen LogP contribution >= 0.6 is 0 Å². The molecule has 0 atom stereocenters. The highest BCUT2D eigenvalue weighted by Gasteiger charge is 1.95. The number of carboxylic acids is 1. The molecule has 0 heterocycles. The first kappa shape index (κ1) is 12.9. The minimum absolute atomic E-state index is 0.743. The molecule has 3 nitrogen and oxygen atoms in total. The largest absolute Gasteiger partial charge is 0.478 e. The van der Waals surface area contributed by atoms with Crippen molar-refractivity contribution >= 4 is 17.7 Å². The maximum atomic E-state index is 10.5. The zero-order chi connectivity index (χ0) is 13.5. The summed E-state index contributed by atoms with van der Waals surface area (Å²) in [5.41, 5.74) is 3.03. The minimum atomic E-state index is -0.942. The van der Waals surface area contributed by atoms with Gasteiger partial charge in [-0.1, -0.05) is 42.5 Å². The van der Waals surface area contributed by atoms with Crippen molar-refractivity contribution in [1.29, 1.82) is 0 Å². The first-order valence-electron chi connectivity index (χ1n) is 6.03. The van der Waals surface area contributed by atoms with Gasteiger partial charge in [-0.15, -0.1) is 0 Å². The fourth-order valence-corrected chi connectivity index (χ4v) is 1.72. The summed E-state index contributed by atoms with van der Waals surface area (Å²) in [5.74, 6) is -0.942. The Morgan fingerprint density at radius 3 is 2.63 bits per heavy atom. The van der Waals surface area contributed by atoms with Crippen LogP contribution in [0.4, 0.5) is 5.69 Å². The van der Waals surface area contributed by atoms with Crippen molar-refractivity contribution in [3.63, 3.8) is 0 Å². The first-order valence-corrected chi connectivity index (χ1v) is 6.03. The molecular weight excluding hydrogens is 238 g/mol. The zero-order valence-corrected chi connectivity index (χ0v) is 10.4. The number of rotatable bonds is 5. The second-order valence-electron chi connectivity index (χ2n) is 4.14. The van der Waals surface area contributed by atoms with Gasteiger partial charge in [-0.3, -0.25) is 0 Å². The molecule has 0 aliphatic carbocycles. The van der Waals surface area contributed by atoms with Crippen molar-refractivity contribution in [2.45, 2.75) is 6.54 Å². The maximum Gasteiger partial charge on any atom is 0.328 e. The fourth-order valence-electron chi connectivity index (χ4n) is 1.72. The summed E-state index contributed by atoms with van der Waals surface area (Å²) in [4.78, 5) is 10.5. The van der Waals surface area contributed by atoms with Gasteiger partial charge in [-0.2, -0.15) is 0 Å². The highest BCUT2D eigenvalue weighted by molar-refractivity contribution is 5.85. The highest BCUT2D eigenvalue weighted by Crippen LogP contribution is 2.13. The van der Waals surface area contributed by atoms with Crippen molar-refractivity contribution in [1.82, 2.24) is 0 Å². The predicted octanol–water partition coefficient (Wildman–Crippen LogP) is 3.40. The Morgan fingerprint density at radius 2 is 1.89 bits per heavy atom. The van der Waals surface area contributed by atoms with Crippen molar-refractivity contribution in [3.8, 4) is 0 Å². The molecule has 0 saturated heterocycles. The van der Waals surface area contributed by atoms with Gasteiger partial charge in [0.2, 0.25) is 0 Å². The first-order chi connectivity index (χ1) is 9.24. The Bertz CT molecular complexity index is 576. The Labute approximate surface area is 112 Å². The summed E-state index contributed by atoms with van der Waals surface area (Å²) in [6, 6.07) is 17.8. The average Bonchev–Trinajstić information content (AvgIpc) is 2.44. The van der Waals surface area contributed by atoms with Crippen molar-refractivity contribution < 1.29 is 9.90 Å². The number of anilines is 1. The van der Waals surface area contributed by atoms with Crippen molar-refractivity contribution in [2.75, 3.05) is 5.32 Å². The van der Waals surface area contributed by atoms with Crippen LogP contribution in [0.15, 0.2) is 60.7 Å². The summed E-state index contributed by atoms with van der Waals surface area (Å²) < 4.78 is 0. The van der Waals surface area contributed by atoms with Crippen LogP contribution in [-0.4, -0.2) is 11.1 Å². The summed E-state index contributed by atoms with van der Waals surface area (Å²) in [5, 5.41) is 11.9. The van der Waals surface area contributed by atoms with Gasteiger partial charge in [0.15, 0.2) is 0 Å². The molecule has 0 radical (unpaired) electrons. The molecule has 0 bridgehead atoms. The topological polar surface area (TPSA) is 49.3 Å². The lowest BCUT2D eigenvalue weighted by molar-refractivity contribution is -0.131. The molecule has 2 N–H and O–H groups in total. The monoisotopic (exact) mass is 253 g/mol. The van der Waals surface area contributed by atoms with Gasteiger partial charge in [0.05, 0.1) is 0 Å². The van der Waals surface area contributed by atoms with Gasteiger partial charge in [0.25, 0.3) is 0 Å². The van der Waals surface area contributed by atoms with Gasteiger partial charge < -0.3 is 10.4 Å². The van der Waals surface area contributed by atoms with Gasteiger partial charge in [-0.25, -0.2) is 4.79 Å². The number of benzene rings is 2. The van der Waals surface area contributed by atoms with Crippen molar-refractivity contribution in [3.05, 3.63) is 71.8 Å². The SMILES string of the molecule is O=C(O)C=Cc1cccc(NCc2ccccc2)c1. The van der Waals surface area contributed by atoms with E-state index in [9.17, 15) is 4.79 Å². The predicted molar refractivity (Wildman–Crippen MR) is 76.9 cm³/mol. The summed E-state index contributed by atoms with van der Waals surface area (Å²) >= 11 is 0. The second kappa shape index (κ2) is 6.40. The molecule has 0 unspecified atom stereocenters. The van der Waals surface area contributed by atoms with Crippen LogP contribution in [0.2, 0.25) is 0 Å². The summed E-state index contributed by atoms with van der Waals surface area (Å²) in [6.07, 6.45) is 2.71. The smallest absolute Gasteiger partial charge is 0.328 e. The van der Waals surface area contributed by atoms with Crippen LogP contribution < -0.4 is 5.32 Å². The zero-order valence-electron chi connectivity index (χ0n) is 10.4. The van der Waals surface area contributed by atoms with E-state index in [-0.39, 0.29) is 0 Å². The van der Waals surface area contributed by atoms with Gasteiger partial charge >= 0.3 is 5.97 Å². The van der Waals surface area contributed by atoms with E-state index in [1.807, 2.05) is 42.5 Å². The van der Waals surface area contributed by atoms with Gasteiger partial charge in [0, 0.05) is 18.3 Å². The van der Waals surface area contributed by atoms with E-state index < -0.39 is 5.97 Å². The number of hydrogen-bond acceptors (Lipinski definition) is 2. The summed E-state index contributed by atoms with van der Waals surface area (Å²) in [7, 11) is 0. The minimum Gasteiger partial charge on any atom is -0.478 e. The molecule has 0 aliphatic heterocycles. The maximum absolute atomic E-state index is 10.5. The molecule has 19 heavy (non-hydrogen) atoms. The van der Waals surface area contributed by atoms with E-state index in [0.29, 0.717) is 0 Å². The number of carboxylic acid groups (broad SMARTS) is 1. The molecule has 0 aliphatic rings. The molecule has 0 spiro atoms. The molecule has 2 aromatic rings. The van der Waals surface area contributed by atoms with Crippen LogP contribution in [0.1, 0.15) is 11.1 Å².